The topological polar surface area (TPSA) is 29.1 Å². The van der Waals surface area contributed by atoms with Gasteiger partial charge in [-0.2, -0.15) is 0 Å². The average Bonchev–Trinajstić information content (AvgIpc) is 2.64. The molecule has 0 saturated carbocycles. The van der Waals surface area contributed by atoms with E-state index in [1.165, 1.54) is 31.3 Å². The predicted octanol–water partition coefficient (Wildman–Crippen LogP) is 5.69. The minimum atomic E-state index is -0.605. The van der Waals surface area contributed by atoms with E-state index in [0.717, 1.165) is 17.2 Å². The SMILES string of the molecule is CC=CC(=C(C)C(C)Cc1cc(F)cc(F)c1)c1ccc(F)c(C(=O)NC)c1. The predicted molar refractivity (Wildman–Crippen MR) is 106 cm³/mol. The molecule has 1 amide bonds. The largest absolute Gasteiger partial charge is 0.355 e. The van der Waals surface area contributed by atoms with Crippen LogP contribution in [0.25, 0.3) is 5.57 Å². The van der Waals surface area contributed by atoms with E-state index in [0.29, 0.717) is 17.5 Å². The molecule has 1 unspecified atom stereocenters. The molecular formula is C23H24F3NO. The maximum Gasteiger partial charge on any atom is 0.254 e. The van der Waals surface area contributed by atoms with Crippen molar-refractivity contribution in [2.75, 3.05) is 7.05 Å². The Bertz CT molecular complexity index is 911. The number of hydrogen-bond acceptors (Lipinski definition) is 1. The van der Waals surface area contributed by atoms with Crippen molar-refractivity contribution in [3.8, 4) is 0 Å². The molecule has 2 rings (SSSR count). The zero-order valence-electron chi connectivity index (χ0n) is 16.4. The lowest BCUT2D eigenvalue weighted by molar-refractivity contribution is 0.0959. The van der Waals surface area contributed by atoms with Crippen molar-refractivity contribution in [3.05, 3.63) is 88.3 Å². The number of carbonyl (C=O) groups is 1. The Hall–Kier alpha value is -2.82. The van der Waals surface area contributed by atoms with Crippen LogP contribution in [-0.2, 0) is 6.42 Å². The maximum atomic E-state index is 14.0. The molecule has 148 valence electrons. The third-order valence-electron chi connectivity index (χ3n) is 4.71. The molecule has 0 fully saturated rings. The molecule has 1 atom stereocenters. The van der Waals surface area contributed by atoms with Crippen LogP contribution in [0.15, 0.2) is 54.1 Å². The number of hydrogen-bond donors (Lipinski definition) is 1. The lowest BCUT2D eigenvalue weighted by atomic mass is 9.88. The highest BCUT2D eigenvalue weighted by Gasteiger charge is 2.16. The van der Waals surface area contributed by atoms with E-state index < -0.39 is 23.4 Å². The van der Waals surface area contributed by atoms with E-state index in [1.807, 2.05) is 32.9 Å². The normalized spacial score (nSPS) is 13.4. The summed E-state index contributed by atoms with van der Waals surface area (Å²) in [6, 6.07) is 7.90. The molecule has 0 aromatic heterocycles. The van der Waals surface area contributed by atoms with Crippen molar-refractivity contribution >= 4 is 11.5 Å². The number of rotatable bonds is 6. The minimum Gasteiger partial charge on any atom is -0.355 e. The average molecular weight is 387 g/mol. The van der Waals surface area contributed by atoms with Crippen LogP contribution in [-0.4, -0.2) is 13.0 Å². The fourth-order valence-corrected chi connectivity index (χ4v) is 3.12. The number of allylic oxidation sites excluding steroid dienone is 4. The summed E-state index contributed by atoms with van der Waals surface area (Å²) in [5, 5.41) is 2.43. The number of amides is 1. The molecule has 2 aromatic carbocycles. The molecule has 0 radical (unpaired) electrons. The molecule has 0 aliphatic rings. The van der Waals surface area contributed by atoms with Gasteiger partial charge in [-0.25, -0.2) is 13.2 Å². The second-order valence-electron chi connectivity index (χ2n) is 6.75. The van der Waals surface area contributed by atoms with Gasteiger partial charge in [0.2, 0.25) is 0 Å². The zero-order chi connectivity index (χ0) is 20.8. The van der Waals surface area contributed by atoms with Crippen LogP contribution >= 0.6 is 0 Å². The summed E-state index contributed by atoms with van der Waals surface area (Å²) in [6.07, 6.45) is 4.19. The van der Waals surface area contributed by atoms with Gasteiger partial charge in [0.1, 0.15) is 17.5 Å². The Morgan fingerprint density at radius 3 is 2.32 bits per heavy atom. The zero-order valence-corrected chi connectivity index (χ0v) is 16.4. The molecule has 0 spiro atoms. The first-order chi connectivity index (χ1) is 13.3. The van der Waals surface area contributed by atoms with Gasteiger partial charge in [-0.1, -0.05) is 30.7 Å². The number of carbonyl (C=O) groups excluding carboxylic acids is 1. The second kappa shape index (κ2) is 9.40. The summed E-state index contributed by atoms with van der Waals surface area (Å²) < 4.78 is 41.0. The van der Waals surface area contributed by atoms with Crippen molar-refractivity contribution in [3.63, 3.8) is 0 Å². The summed E-state index contributed by atoms with van der Waals surface area (Å²) >= 11 is 0. The van der Waals surface area contributed by atoms with Crippen LogP contribution in [0, 0.1) is 23.4 Å². The molecule has 0 aliphatic heterocycles. The smallest absolute Gasteiger partial charge is 0.254 e. The van der Waals surface area contributed by atoms with Gasteiger partial charge in [-0.3, -0.25) is 4.79 Å². The first-order valence-corrected chi connectivity index (χ1v) is 9.07. The van der Waals surface area contributed by atoms with Gasteiger partial charge >= 0.3 is 0 Å². The standard InChI is InChI=1S/C23H24F3NO/c1-5-6-20(17-7-8-22(26)21(12-17)23(28)27-4)15(3)14(2)9-16-10-18(24)13-19(25)11-16/h5-8,10-14H,9H2,1-4H3,(H,27,28). The molecule has 0 bridgehead atoms. The van der Waals surface area contributed by atoms with Gasteiger partial charge in [-0.15, -0.1) is 0 Å². The second-order valence-corrected chi connectivity index (χ2v) is 6.75. The van der Waals surface area contributed by atoms with Gasteiger partial charge in [-0.05, 0) is 67.2 Å². The summed E-state index contributed by atoms with van der Waals surface area (Å²) in [6.45, 7) is 5.76. The number of benzene rings is 2. The van der Waals surface area contributed by atoms with Crippen molar-refractivity contribution < 1.29 is 18.0 Å². The Labute approximate surface area is 163 Å². The summed E-state index contributed by atoms with van der Waals surface area (Å²) in [7, 11) is 1.45. The van der Waals surface area contributed by atoms with E-state index in [-0.39, 0.29) is 11.5 Å². The molecule has 28 heavy (non-hydrogen) atoms. The number of halogens is 3. The van der Waals surface area contributed by atoms with Crippen molar-refractivity contribution in [2.45, 2.75) is 27.2 Å². The molecule has 1 N–H and O–H groups in total. The van der Waals surface area contributed by atoms with E-state index in [2.05, 4.69) is 5.32 Å². The maximum absolute atomic E-state index is 14.0. The van der Waals surface area contributed by atoms with Crippen LogP contribution in [0.5, 0.6) is 0 Å². The van der Waals surface area contributed by atoms with Crippen molar-refractivity contribution in [1.82, 2.24) is 5.32 Å². The molecule has 0 aliphatic carbocycles. The van der Waals surface area contributed by atoms with E-state index in [1.54, 1.807) is 6.07 Å². The molecular weight excluding hydrogens is 363 g/mol. The molecule has 0 heterocycles. The minimum absolute atomic E-state index is 0.0269. The number of nitrogens with one attached hydrogen (secondary N) is 1. The Balaban J connectivity index is 2.45. The third-order valence-corrected chi connectivity index (χ3v) is 4.71. The monoisotopic (exact) mass is 387 g/mol. The summed E-state index contributed by atoms with van der Waals surface area (Å²) in [5.41, 5.74) is 3.05. The van der Waals surface area contributed by atoms with Crippen LogP contribution in [0.4, 0.5) is 13.2 Å². The Kier molecular flexibility index (Phi) is 7.21. The van der Waals surface area contributed by atoms with Gasteiger partial charge in [0.05, 0.1) is 5.56 Å². The van der Waals surface area contributed by atoms with E-state index >= 15 is 0 Å². The third kappa shape index (κ3) is 5.12. The molecule has 5 heteroatoms. The van der Waals surface area contributed by atoms with E-state index in [4.69, 9.17) is 0 Å². The molecule has 2 aromatic rings. The first kappa shape index (κ1) is 21.5. The molecule has 0 saturated heterocycles. The van der Waals surface area contributed by atoms with Crippen molar-refractivity contribution in [1.29, 1.82) is 0 Å². The lowest BCUT2D eigenvalue weighted by Gasteiger charge is -2.18. The summed E-state index contributed by atoms with van der Waals surface area (Å²) in [4.78, 5) is 11.9. The highest BCUT2D eigenvalue weighted by atomic mass is 19.1. The van der Waals surface area contributed by atoms with E-state index in [9.17, 15) is 18.0 Å². The van der Waals surface area contributed by atoms with Crippen LogP contribution in [0.3, 0.4) is 0 Å². The fourth-order valence-electron chi connectivity index (χ4n) is 3.12. The van der Waals surface area contributed by atoms with Crippen LogP contribution in [0.2, 0.25) is 0 Å². The highest BCUT2D eigenvalue weighted by molar-refractivity contribution is 5.95. The fraction of sp³-hybridized carbons (Fsp3) is 0.261. The summed E-state index contributed by atoms with van der Waals surface area (Å²) in [5.74, 6) is -2.33. The first-order valence-electron chi connectivity index (χ1n) is 9.07. The van der Waals surface area contributed by atoms with Crippen LogP contribution in [0.1, 0.15) is 42.3 Å². The Morgan fingerprint density at radius 2 is 1.75 bits per heavy atom. The van der Waals surface area contributed by atoms with Crippen LogP contribution < -0.4 is 5.32 Å². The van der Waals surface area contributed by atoms with Gasteiger partial charge in [0.15, 0.2) is 0 Å². The highest BCUT2D eigenvalue weighted by Crippen LogP contribution is 2.29. The van der Waals surface area contributed by atoms with Gasteiger partial charge < -0.3 is 5.32 Å². The van der Waals surface area contributed by atoms with Gasteiger partial charge in [0, 0.05) is 13.1 Å². The Morgan fingerprint density at radius 1 is 1.11 bits per heavy atom. The van der Waals surface area contributed by atoms with Crippen molar-refractivity contribution in [2.24, 2.45) is 5.92 Å². The quantitative estimate of drug-likeness (QED) is 0.634. The molecule has 2 nitrogen and oxygen atoms in total. The lowest BCUT2D eigenvalue weighted by Crippen LogP contribution is -2.19. The van der Waals surface area contributed by atoms with Gasteiger partial charge in [0.25, 0.3) is 5.91 Å².